The Labute approximate surface area is 259 Å². The molecule has 0 saturated carbocycles. The second-order valence-corrected chi connectivity index (χ2v) is 12.5. The Hall–Kier alpha value is -5.80. The van der Waals surface area contributed by atoms with Gasteiger partial charge in [-0.2, -0.15) is 0 Å². The van der Waals surface area contributed by atoms with Crippen LogP contribution in [0.4, 0.5) is 0 Å². The first-order chi connectivity index (χ1) is 22.3. The van der Waals surface area contributed by atoms with Crippen molar-refractivity contribution in [3.8, 4) is 11.4 Å². The van der Waals surface area contributed by atoms with Crippen LogP contribution in [0.25, 0.3) is 77.5 Å². The van der Waals surface area contributed by atoms with Crippen molar-refractivity contribution in [2.45, 2.75) is 12.5 Å². The number of para-hydroxylation sites is 5. The molecule has 1 aliphatic heterocycles. The minimum atomic E-state index is 0.230. The maximum atomic E-state index is 2.66. The molecule has 1 atom stereocenters. The fourth-order valence-electron chi connectivity index (χ4n) is 8.56. The van der Waals surface area contributed by atoms with E-state index in [9.17, 15) is 0 Å². The second kappa shape index (κ2) is 8.43. The maximum absolute atomic E-state index is 2.66. The monoisotopic (exact) mass is 573 g/mol. The van der Waals surface area contributed by atoms with Crippen LogP contribution >= 0.6 is 0 Å². The highest BCUT2D eigenvalue weighted by Crippen LogP contribution is 2.52. The SMILES string of the molecule is C1=C2c3cccc4c5cc6c7ccccc7n(-c7ccccc7)c6cc5n(c34)C2Cc2c1c1ccccc1n2-c1ccccc1. The Morgan fingerprint density at radius 1 is 0.467 bits per heavy atom. The van der Waals surface area contributed by atoms with Crippen molar-refractivity contribution in [3.63, 3.8) is 0 Å². The summed E-state index contributed by atoms with van der Waals surface area (Å²) in [6, 6.07) is 51.4. The molecule has 45 heavy (non-hydrogen) atoms. The van der Waals surface area contributed by atoms with Crippen molar-refractivity contribution in [1.29, 1.82) is 0 Å². The summed E-state index contributed by atoms with van der Waals surface area (Å²) in [5, 5.41) is 6.60. The number of rotatable bonds is 2. The first-order valence-corrected chi connectivity index (χ1v) is 15.8. The zero-order valence-corrected chi connectivity index (χ0v) is 24.5. The van der Waals surface area contributed by atoms with E-state index in [-0.39, 0.29) is 6.04 Å². The molecule has 4 heterocycles. The highest BCUT2D eigenvalue weighted by atomic mass is 15.1. The van der Waals surface area contributed by atoms with E-state index in [1.807, 2.05) is 0 Å². The number of benzene rings is 6. The standard InChI is InChI=1S/C42H27N3/c1-3-12-26(13-4-1)43-36-20-9-7-16-28(36)32-22-34-30-18-11-19-31-35-23-33-29-17-8-10-21-37(29)44(27-14-5-2-6-15-27)39(33)25-41(35)45(42(30)31)40(34)24-38(32)43/h1-24,41H,25H2. The molecule has 9 aromatic rings. The van der Waals surface area contributed by atoms with E-state index in [0.29, 0.717) is 0 Å². The Morgan fingerprint density at radius 3 is 1.87 bits per heavy atom. The third kappa shape index (κ3) is 2.95. The van der Waals surface area contributed by atoms with Crippen LogP contribution in [0.3, 0.4) is 0 Å². The zero-order chi connectivity index (χ0) is 29.2. The normalized spacial score (nSPS) is 15.4. The summed E-state index contributed by atoms with van der Waals surface area (Å²) in [5.74, 6) is 0. The lowest BCUT2D eigenvalue weighted by atomic mass is 9.88. The first-order valence-electron chi connectivity index (χ1n) is 15.8. The van der Waals surface area contributed by atoms with Gasteiger partial charge >= 0.3 is 0 Å². The lowest BCUT2D eigenvalue weighted by Crippen LogP contribution is -2.15. The van der Waals surface area contributed by atoms with Gasteiger partial charge in [0.05, 0.1) is 33.6 Å². The smallest absolute Gasteiger partial charge is 0.0654 e. The summed E-state index contributed by atoms with van der Waals surface area (Å²) in [6.45, 7) is 0. The van der Waals surface area contributed by atoms with E-state index in [0.717, 1.165) is 6.42 Å². The summed E-state index contributed by atoms with van der Waals surface area (Å²) in [6.07, 6.45) is 3.44. The van der Waals surface area contributed by atoms with E-state index in [1.165, 1.54) is 88.3 Å². The van der Waals surface area contributed by atoms with Gasteiger partial charge in [-0.25, -0.2) is 0 Å². The summed E-state index contributed by atoms with van der Waals surface area (Å²) >= 11 is 0. The Balaban J connectivity index is 1.23. The molecular formula is C42H27N3. The average Bonchev–Trinajstić information content (AvgIpc) is 3.81. The van der Waals surface area contributed by atoms with E-state index >= 15 is 0 Å². The summed E-state index contributed by atoms with van der Waals surface area (Å²) in [5.41, 5.74) is 14.4. The molecule has 2 aliphatic rings. The number of nitrogens with zero attached hydrogens (tertiary/aromatic N) is 3. The minimum Gasteiger partial charge on any atom is -0.332 e. The Morgan fingerprint density at radius 2 is 1.09 bits per heavy atom. The van der Waals surface area contributed by atoms with Crippen LogP contribution in [-0.2, 0) is 6.42 Å². The van der Waals surface area contributed by atoms with Gasteiger partial charge in [0.2, 0.25) is 0 Å². The lowest BCUT2D eigenvalue weighted by molar-refractivity contribution is 0.652. The van der Waals surface area contributed by atoms with Gasteiger partial charge in [-0.1, -0.05) is 91.0 Å². The van der Waals surface area contributed by atoms with Gasteiger partial charge in [-0.05, 0) is 60.2 Å². The van der Waals surface area contributed by atoms with E-state index < -0.39 is 0 Å². The molecule has 1 aliphatic carbocycles. The van der Waals surface area contributed by atoms with Crippen LogP contribution < -0.4 is 0 Å². The van der Waals surface area contributed by atoms with Crippen LogP contribution in [0, 0.1) is 0 Å². The zero-order valence-electron chi connectivity index (χ0n) is 24.5. The van der Waals surface area contributed by atoms with Crippen LogP contribution in [0.1, 0.15) is 22.9 Å². The number of fused-ring (bicyclic) bond motifs is 12. The first kappa shape index (κ1) is 23.6. The predicted octanol–water partition coefficient (Wildman–Crippen LogP) is 10.5. The summed E-state index contributed by atoms with van der Waals surface area (Å²) in [7, 11) is 0. The van der Waals surface area contributed by atoms with Crippen molar-refractivity contribution in [2.75, 3.05) is 0 Å². The highest BCUT2D eigenvalue weighted by molar-refractivity contribution is 6.21. The third-order valence-corrected chi connectivity index (χ3v) is 10.3. The van der Waals surface area contributed by atoms with Crippen LogP contribution in [0.5, 0.6) is 0 Å². The molecule has 11 rings (SSSR count). The van der Waals surface area contributed by atoms with Gasteiger partial charge in [0.1, 0.15) is 0 Å². The van der Waals surface area contributed by atoms with Gasteiger partial charge in [0, 0.05) is 61.5 Å². The highest BCUT2D eigenvalue weighted by Gasteiger charge is 2.37. The summed E-state index contributed by atoms with van der Waals surface area (Å²) < 4.78 is 7.59. The third-order valence-electron chi connectivity index (χ3n) is 10.3. The molecule has 1 unspecified atom stereocenters. The van der Waals surface area contributed by atoms with E-state index in [4.69, 9.17) is 0 Å². The predicted molar refractivity (Wildman–Crippen MR) is 188 cm³/mol. The van der Waals surface area contributed by atoms with Crippen LogP contribution in [0.15, 0.2) is 140 Å². The average molecular weight is 574 g/mol. The minimum absolute atomic E-state index is 0.230. The molecule has 6 aromatic carbocycles. The molecule has 3 aromatic heterocycles. The molecule has 0 amide bonds. The van der Waals surface area contributed by atoms with Gasteiger partial charge in [-0.3, -0.25) is 0 Å². The molecule has 210 valence electrons. The lowest BCUT2D eigenvalue weighted by Gasteiger charge is -2.24. The molecule has 0 spiro atoms. The van der Waals surface area contributed by atoms with Crippen molar-refractivity contribution in [1.82, 2.24) is 13.7 Å². The molecule has 3 heteroatoms. The fourth-order valence-corrected chi connectivity index (χ4v) is 8.56. The van der Waals surface area contributed by atoms with E-state index in [1.54, 1.807) is 0 Å². The fraction of sp³-hybridized carbons (Fsp3) is 0.0476. The number of hydrogen-bond acceptors (Lipinski definition) is 0. The second-order valence-electron chi connectivity index (χ2n) is 12.5. The van der Waals surface area contributed by atoms with Crippen molar-refractivity contribution >= 4 is 66.2 Å². The van der Waals surface area contributed by atoms with Gasteiger partial charge in [0.25, 0.3) is 0 Å². The number of hydrogen-bond donors (Lipinski definition) is 0. The molecule has 0 saturated heterocycles. The van der Waals surface area contributed by atoms with Crippen LogP contribution in [-0.4, -0.2) is 13.7 Å². The maximum Gasteiger partial charge on any atom is 0.0654 e. The number of aromatic nitrogens is 3. The van der Waals surface area contributed by atoms with E-state index in [2.05, 4.69) is 159 Å². The van der Waals surface area contributed by atoms with Crippen molar-refractivity contribution < 1.29 is 0 Å². The molecule has 0 N–H and O–H groups in total. The molecule has 0 fully saturated rings. The number of allylic oxidation sites excluding steroid dienone is 1. The summed E-state index contributed by atoms with van der Waals surface area (Å²) in [4.78, 5) is 0. The molecule has 0 bridgehead atoms. The molecule has 0 radical (unpaired) electrons. The molecule has 3 nitrogen and oxygen atoms in total. The Kier molecular flexibility index (Phi) is 4.43. The van der Waals surface area contributed by atoms with Crippen molar-refractivity contribution in [3.05, 3.63) is 156 Å². The molecular weight excluding hydrogens is 546 g/mol. The van der Waals surface area contributed by atoms with Gasteiger partial charge < -0.3 is 13.7 Å². The topological polar surface area (TPSA) is 14.8 Å². The van der Waals surface area contributed by atoms with Gasteiger partial charge in [-0.15, -0.1) is 0 Å². The van der Waals surface area contributed by atoms with Gasteiger partial charge in [0.15, 0.2) is 0 Å². The van der Waals surface area contributed by atoms with Crippen molar-refractivity contribution in [2.24, 2.45) is 0 Å². The Bertz CT molecular complexity index is 2720. The largest absolute Gasteiger partial charge is 0.332 e. The quantitative estimate of drug-likeness (QED) is 0.195. The van der Waals surface area contributed by atoms with Crippen LogP contribution in [0.2, 0.25) is 0 Å².